The highest BCUT2D eigenvalue weighted by Crippen LogP contribution is 2.14. The molecule has 1 aromatic rings. The van der Waals surface area contributed by atoms with Gasteiger partial charge >= 0.3 is 0 Å². The zero-order valence-corrected chi connectivity index (χ0v) is 10.0. The van der Waals surface area contributed by atoms with Crippen LogP contribution < -0.4 is 5.32 Å². The third kappa shape index (κ3) is 3.43. The van der Waals surface area contributed by atoms with E-state index in [9.17, 15) is 0 Å². The Labute approximate surface area is 97.6 Å². The Hall–Kier alpha value is -0.680. The van der Waals surface area contributed by atoms with Gasteiger partial charge in [-0.25, -0.2) is 9.97 Å². The average molecular weight is 272 g/mol. The van der Waals surface area contributed by atoms with Gasteiger partial charge in [0.15, 0.2) is 0 Å². The summed E-state index contributed by atoms with van der Waals surface area (Å²) in [5.74, 6) is 0.839. The van der Waals surface area contributed by atoms with Gasteiger partial charge in [0.25, 0.3) is 0 Å². The summed E-state index contributed by atoms with van der Waals surface area (Å²) in [6.07, 6.45) is 5.45. The Morgan fingerprint density at radius 1 is 1.47 bits per heavy atom. The average Bonchev–Trinajstić information content (AvgIpc) is 2.28. The summed E-state index contributed by atoms with van der Waals surface area (Å²) in [6, 6.07) is 1.86. The van der Waals surface area contributed by atoms with Gasteiger partial charge < -0.3 is 10.1 Å². The lowest BCUT2D eigenvalue weighted by Gasteiger charge is -2.22. The fraction of sp³-hybridized carbons (Fsp3) is 0.600. The normalized spacial score (nSPS) is 21.3. The maximum Gasteiger partial charge on any atom is 0.130 e. The highest BCUT2D eigenvalue weighted by Gasteiger charge is 2.13. The number of hydrogen-bond acceptors (Lipinski definition) is 4. The number of rotatable bonds is 3. The Morgan fingerprint density at radius 3 is 3.13 bits per heavy atom. The molecule has 1 aromatic heterocycles. The van der Waals surface area contributed by atoms with Crippen LogP contribution in [0.25, 0.3) is 0 Å². The fourth-order valence-electron chi connectivity index (χ4n) is 1.62. The molecule has 2 rings (SSSR count). The Balaban J connectivity index is 1.81. The Kier molecular flexibility index (Phi) is 3.91. The lowest BCUT2D eigenvalue weighted by molar-refractivity contribution is 0.0247. The van der Waals surface area contributed by atoms with Crippen LogP contribution in [-0.2, 0) is 4.74 Å². The van der Waals surface area contributed by atoms with E-state index in [1.54, 1.807) is 0 Å². The molecule has 0 radical (unpaired) electrons. The number of aromatic nitrogens is 2. The van der Waals surface area contributed by atoms with Crippen molar-refractivity contribution in [3.05, 3.63) is 17.0 Å². The number of anilines is 1. The van der Waals surface area contributed by atoms with Crippen LogP contribution in [0.1, 0.15) is 19.3 Å². The van der Waals surface area contributed by atoms with Crippen molar-refractivity contribution in [1.82, 2.24) is 9.97 Å². The summed E-state index contributed by atoms with van der Waals surface area (Å²) in [7, 11) is 0. The first kappa shape index (κ1) is 10.8. The number of nitrogens with zero attached hydrogens (tertiary/aromatic N) is 2. The topological polar surface area (TPSA) is 47.0 Å². The molecule has 82 valence electrons. The van der Waals surface area contributed by atoms with Crippen molar-refractivity contribution in [2.75, 3.05) is 18.5 Å². The third-order valence-electron chi connectivity index (χ3n) is 2.42. The van der Waals surface area contributed by atoms with Crippen LogP contribution in [0, 0.1) is 0 Å². The second kappa shape index (κ2) is 5.42. The van der Waals surface area contributed by atoms with Crippen LogP contribution in [0.5, 0.6) is 0 Å². The summed E-state index contributed by atoms with van der Waals surface area (Å²) in [5, 5.41) is 3.25. The molecule has 1 aliphatic heterocycles. The van der Waals surface area contributed by atoms with E-state index in [-0.39, 0.29) is 0 Å². The van der Waals surface area contributed by atoms with Crippen LogP contribution in [0.3, 0.4) is 0 Å². The van der Waals surface area contributed by atoms with Crippen molar-refractivity contribution < 1.29 is 4.74 Å². The maximum absolute atomic E-state index is 5.61. The molecule has 2 heterocycles. The van der Waals surface area contributed by atoms with Gasteiger partial charge in [-0.3, -0.25) is 0 Å². The van der Waals surface area contributed by atoms with Gasteiger partial charge in [-0.2, -0.15) is 0 Å². The summed E-state index contributed by atoms with van der Waals surface area (Å²) in [5.41, 5.74) is 0. The van der Waals surface area contributed by atoms with Crippen LogP contribution in [0.4, 0.5) is 5.82 Å². The number of halogens is 1. The van der Waals surface area contributed by atoms with Crippen LogP contribution >= 0.6 is 15.9 Å². The SMILES string of the molecule is Brc1cc(NCC2CCCCO2)ncn1. The van der Waals surface area contributed by atoms with E-state index >= 15 is 0 Å². The summed E-state index contributed by atoms with van der Waals surface area (Å²) in [6.45, 7) is 1.71. The van der Waals surface area contributed by atoms with Gasteiger partial charge in [0.05, 0.1) is 6.10 Å². The molecule has 0 saturated carbocycles. The molecule has 1 fully saturated rings. The van der Waals surface area contributed by atoms with Crippen molar-refractivity contribution in [3.63, 3.8) is 0 Å². The molecule has 1 unspecified atom stereocenters. The van der Waals surface area contributed by atoms with E-state index in [4.69, 9.17) is 4.74 Å². The molecule has 0 spiro atoms. The molecule has 0 bridgehead atoms. The number of nitrogens with one attached hydrogen (secondary N) is 1. The number of ether oxygens (including phenoxy) is 1. The standard InChI is InChI=1S/C10H14BrN3O/c11-9-5-10(14-7-13-9)12-6-8-3-1-2-4-15-8/h5,7-8H,1-4,6H2,(H,12,13,14). The summed E-state index contributed by atoms with van der Waals surface area (Å²) < 4.78 is 6.41. The molecular weight excluding hydrogens is 258 g/mol. The summed E-state index contributed by atoms with van der Waals surface area (Å²) in [4.78, 5) is 8.09. The molecule has 1 atom stereocenters. The molecule has 0 aromatic carbocycles. The second-order valence-corrected chi connectivity index (χ2v) is 4.41. The van der Waals surface area contributed by atoms with Gasteiger partial charge in [-0.15, -0.1) is 0 Å². The predicted octanol–water partition coefficient (Wildman–Crippen LogP) is 2.22. The van der Waals surface area contributed by atoms with Crippen molar-refractivity contribution in [1.29, 1.82) is 0 Å². The van der Waals surface area contributed by atoms with Gasteiger partial charge in [0, 0.05) is 19.2 Å². The van der Waals surface area contributed by atoms with Crippen molar-refractivity contribution in [2.45, 2.75) is 25.4 Å². The van der Waals surface area contributed by atoms with Gasteiger partial charge in [-0.05, 0) is 35.2 Å². The zero-order valence-electron chi connectivity index (χ0n) is 8.45. The first-order chi connectivity index (χ1) is 7.34. The smallest absolute Gasteiger partial charge is 0.130 e. The lowest BCUT2D eigenvalue weighted by atomic mass is 10.1. The van der Waals surface area contributed by atoms with E-state index < -0.39 is 0 Å². The molecule has 1 aliphatic rings. The fourth-order valence-corrected chi connectivity index (χ4v) is 1.93. The van der Waals surface area contributed by atoms with E-state index in [1.165, 1.54) is 19.2 Å². The first-order valence-electron chi connectivity index (χ1n) is 5.17. The highest BCUT2D eigenvalue weighted by atomic mass is 79.9. The van der Waals surface area contributed by atoms with Crippen molar-refractivity contribution >= 4 is 21.7 Å². The van der Waals surface area contributed by atoms with Crippen LogP contribution in [0.2, 0.25) is 0 Å². The molecule has 1 N–H and O–H groups in total. The molecule has 15 heavy (non-hydrogen) atoms. The largest absolute Gasteiger partial charge is 0.376 e. The quantitative estimate of drug-likeness (QED) is 0.857. The van der Waals surface area contributed by atoms with Gasteiger partial charge in [0.1, 0.15) is 16.7 Å². The van der Waals surface area contributed by atoms with Gasteiger partial charge in [0.2, 0.25) is 0 Å². The molecule has 0 amide bonds. The maximum atomic E-state index is 5.61. The van der Waals surface area contributed by atoms with E-state index in [2.05, 4.69) is 31.2 Å². The minimum absolute atomic E-state index is 0.326. The number of hydrogen-bond donors (Lipinski definition) is 1. The van der Waals surface area contributed by atoms with Crippen LogP contribution in [-0.4, -0.2) is 29.2 Å². The zero-order chi connectivity index (χ0) is 10.5. The molecule has 5 heteroatoms. The Morgan fingerprint density at radius 2 is 2.40 bits per heavy atom. The van der Waals surface area contributed by atoms with E-state index in [0.717, 1.165) is 30.0 Å². The van der Waals surface area contributed by atoms with Crippen molar-refractivity contribution in [3.8, 4) is 0 Å². The molecule has 4 nitrogen and oxygen atoms in total. The predicted molar refractivity (Wildman–Crippen MR) is 61.8 cm³/mol. The molecule has 1 saturated heterocycles. The third-order valence-corrected chi connectivity index (χ3v) is 2.85. The minimum Gasteiger partial charge on any atom is -0.376 e. The van der Waals surface area contributed by atoms with Crippen LogP contribution in [0.15, 0.2) is 17.0 Å². The molecule has 0 aliphatic carbocycles. The summed E-state index contributed by atoms with van der Waals surface area (Å²) >= 11 is 3.31. The highest BCUT2D eigenvalue weighted by molar-refractivity contribution is 9.10. The lowest BCUT2D eigenvalue weighted by Crippen LogP contribution is -2.27. The first-order valence-corrected chi connectivity index (χ1v) is 5.97. The van der Waals surface area contributed by atoms with Crippen molar-refractivity contribution in [2.24, 2.45) is 0 Å². The Bertz CT molecular complexity index is 315. The van der Waals surface area contributed by atoms with E-state index in [0.29, 0.717) is 6.10 Å². The molecular formula is C10H14BrN3O. The van der Waals surface area contributed by atoms with Gasteiger partial charge in [-0.1, -0.05) is 0 Å². The monoisotopic (exact) mass is 271 g/mol. The minimum atomic E-state index is 0.326. The second-order valence-electron chi connectivity index (χ2n) is 3.60. The van der Waals surface area contributed by atoms with E-state index in [1.807, 2.05) is 6.07 Å².